The Hall–Kier alpha value is -3.33. The highest BCUT2D eigenvalue weighted by Gasteiger charge is 2.35. The summed E-state index contributed by atoms with van der Waals surface area (Å²) in [7, 11) is 1.47. The van der Waals surface area contributed by atoms with Crippen LogP contribution in [0.4, 0.5) is 10.3 Å². The van der Waals surface area contributed by atoms with E-state index >= 15 is 0 Å². The third kappa shape index (κ3) is 3.25. The number of benzene rings is 1. The molecule has 160 valence electrons. The summed E-state index contributed by atoms with van der Waals surface area (Å²) in [5.74, 6) is 1.35. The Balaban J connectivity index is 1.44. The van der Waals surface area contributed by atoms with Gasteiger partial charge >= 0.3 is 0 Å². The van der Waals surface area contributed by atoms with Gasteiger partial charge in [0.05, 0.1) is 23.7 Å². The maximum atomic E-state index is 14.1. The van der Waals surface area contributed by atoms with Crippen molar-refractivity contribution in [2.75, 3.05) is 12.8 Å². The second kappa shape index (κ2) is 6.84. The number of aromatic nitrogens is 5. The normalized spacial score (nSPS) is 19.0. The number of nitrogen functional groups attached to an aromatic ring is 1. The molecule has 4 N–H and O–H groups in total. The summed E-state index contributed by atoms with van der Waals surface area (Å²) in [5.41, 5.74) is 14.8. The summed E-state index contributed by atoms with van der Waals surface area (Å²) in [6.07, 6.45) is 3.73. The van der Waals surface area contributed by atoms with E-state index < -0.39 is 11.4 Å². The van der Waals surface area contributed by atoms with Crippen LogP contribution in [0, 0.1) is 5.82 Å². The Kier molecular flexibility index (Phi) is 4.33. The number of nitrogens with zero attached hydrogens (tertiary/aromatic N) is 5. The van der Waals surface area contributed by atoms with Gasteiger partial charge in [-0.3, -0.25) is 4.98 Å². The minimum absolute atomic E-state index is 0.186. The number of rotatable bonds is 4. The zero-order valence-electron chi connectivity index (χ0n) is 17.6. The summed E-state index contributed by atoms with van der Waals surface area (Å²) >= 11 is 0. The molecule has 1 aromatic carbocycles. The quantitative estimate of drug-likeness (QED) is 0.519. The lowest BCUT2D eigenvalue weighted by molar-refractivity contribution is 0.337. The number of pyridine rings is 1. The highest BCUT2D eigenvalue weighted by molar-refractivity contribution is 5.95. The Morgan fingerprint density at radius 2 is 1.94 bits per heavy atom. The second-order valence-electron chi connectivity index (χ2n) is 8.74. The first-order chi connectivity index (χ1) is 14.7. The predicted molar refractivity (Wildman–Crippen MR) is 115 cm³/mol. The van der Waals surface area contributed by atoms with Crippen LogP contribution in [-0.2, 0) is 5.54 Å². The third-order valence-corrected chi connectivity index (χ3v) is 5.99. The van der Waals surface area contributed by atoms with Crippen molar-refractivity contribution in [2.45, 2.75) is 44.1 Å². The molecule has 9 heteroatoms. The molecule has 8 nitrogen and oxygen atoms in total. The first kappa shape index (κ1) is 19.6. The van der Waals surface area contributed by atoms with Gasteiger partial charge in [-0.15, -0.1) is 5.10 Å². The number of halogens is 1. The molecule has 3 aromatic heterocycles. The SMILES string of the molecule is COc1cc(F)cc2c1nc(N)n1nc(C3CC(c4ccc(C(C)(C)N)nc4)C3)nc21. The number of hydrogen-bond donors (Lipinski definition) is 2. The van der Waals surface area contributed by atoms with Crippen molar-refractivity contribution in [3.05, 3.63) is 53.4 Å². The van der Waals surface area contributed by atoms with Crippen molar-refractivity contribution in [3.63, 3.8) is 0 Å². The summed E-state index contributed by atoms with van der Waals surface area (Å²) in [4.78, 5) is 13.6. The maximum Gasteiger partial charge on any atom is 0.223 e. The van der Waals surface area contributed by atoms with Crippen molar-refractivity contribution in [1.29, 1.82) is 0 Å². The molecule has 0 amide bonds. The van der Waals surface area contributed by atoms with Gasteiger partial charge in [-0.2, -0.15) is 4.52 Å². The van der Waals surface area contributed by atoms with Gasteiger partial charge in [0.25, 0.3) is 0 Å². The van der Waals surface area contributed by atoms with E-state index in [1.54, 1.807) is 0 Å². The monoisotopic (exact) mass is 421 g/mol. The highest BCUT2D eigenvalue weighted by atomic mass is 19.1. The molecule has 0 atom stereocenters. The lowest BCUT2D eigenvalue weighted by Gasteiger charge is -2.33. The van der Waals surface area contributed by atoms with Crippen molar-refractivity contribution in [1.82, 2.24) is 24.6 Å². The van der Waals surface area contributed by atoms with Gasteiger partial charge in [0, 0.05) is 18.2 Å². The van der Waals surface area contributed by atoms with Gasteiger partial charge in [0.2, 0.25) is 5.95 Å². The fourth-order valence-corrected chi connectivity index (χ4v) is 4.14. The zero-order chi connectivity index (χ0) is 21.9. The standard InChI is InChI=1S/C22H24FN7O/c1-22(2,25)17-5-4-11(10-26-17)12-6-13(7-12)19-28-20-15-8-14(23)9-16(31-3)18(15)27-21(24)30(20)29-19/h4-5,8-10,12-13H,6-7,25H2,1-3H3,(H2,24,27). The molecule has 0 spiro atoms. The molecule has 0 aliphatic heterocycles. The minimum Gasteiger partial charge on any atom is -0.494 e. The molecule has 31 heavy (non-hydrogen) atoms. The highest BCUT2D eigenvalue weighted by Crippen LogP contribution is 2.46. The van der Waals surface area contributed by atoms with E-state index in [0.717, 1.165) is 18.5 Å². The van der Waals surface area contributed by atoms with E-state index in [1.807, 2.05) is 26.1 Å². The van der Waals surface area contributed by atoms with Gasteiger partial charge in [-0.1, -0.05) is 6.07 Å². The molecule has 3 heterocycles. The number of nitrogens with two attached hydrogens (primary N) is 2. The minimum atomic E-state index is -0.458. The number of fused-ring (bicyclic) bond motifs is 3. The Labute approximate surface area is 178 Å². The molecule has 0 bridgehead atoms. The molecule has 1 saturated carbocycles. The Morgan fingerprint density at radius 3 is 2.58 bits per heavy atom. The lowest BCUT2D eigenvalue weighted by atomic mass is 9.71. The number of methoxy groups -OCH3 is 1. The van der Waals surface area contributed by atoms with Crippen LogP contribution in [0.2, 0.25) is 0 Å². The Bertz CT molecular complexity index is 1290. The average molecular weight is 421 g/mol. The van der Waals surface area contributed by atoms with E-state index in [0.29, 0.717) is 34.0 Å². The van der Waals surface area contributed by atoms with Crippen LogP contribution in [0.15, 0.2) is 30.5 Å². The van der Waals surface area contributed by atoms with Crippen LogP contribution in [0.25, 0.3) is 16.6 Å². The first-order valence-electron chi connectivity index (χ1n) is 10.2. The molecular weight excluding hydrogens is 397 g/mol. The smallest absolute Gasteiger partial charge is 0.223 e. The molecule has 0 radical (unpaired) electrons. The van der Waals surface area contributed by atoms with Crippen LogP contribution < -0.4 is 16.2 Å². The van der Waals surface area contributed by atoms with E-state index in [4.69, 9.17) is 21.2 Å². The van der Waals surface area contributed by atoms with Gasteiger partial charge in [-0.25, -0.2) is 14.4 Å². The fourth-order valence-electron chi connectivity index (χ4n) is 4.14. The molecule has 0 unspecified atom stereocenters. The van der Waals surface area contributed by atoms with Gasteiger partial charge in [-0.05, 0) is 50.3 Å². The number of hydrogen-bond acceptors (Lipinski definition) is 7. The van der Waals surface area contributed by atoms with Crippen LogP contribution in [0.5, 0.6) is 5.75 Å². The van der Waals surface area contributed by atoms with Crippen LogP contribution in [0.3, 0.4) is 0 Å². The molecule has 1 fully saturated rings. The predicted octanol–water partition coefficient (Wildman–Crippen LogP) is 3.26. The second-order valence-corrected chi connectivity index (χ2v) is 8.74. The van der Waals surface area contributed by atoms with E-state index in [2.05, 4.69) is 21.1 Å². The zero-order valence-corrected chi connectivity index (χ0v) is 17.6. The van der Waals surface area contributed by atoms with Crippen molar-refractivity contribution in [3.8, 4) is 5.75 Å². The number of anilines is 1. The molecule has 1 aliphatic rings. The van der Waals surface area contributed by atoms with Gasteiger partial charge in [0.15, 0.2) is 11.5 Å². The molecule has 4 aromatic rings. The molecule has 1 aliphatic carbocycles. The van der Waals surface area contributed by atoms with E-state index in [1.165, 1.54) is 29.3 Å². The van der Waals surface area contributed by atoms with Crippen molar-refractivity contribution >= 4 is 22.5 Å². The first-order valence-corrected chi connectivity index (χ1v) is 10.2. The van der Waals surface area contributed by atoms with Crippen LogP contribution in [0.1, 0.15) is 55.6 Å². The summed E-state index contributed by atoms with van der Waals surface area (Å²) in [5, 5.41) is 5.09. The molecule has 0 saturated heterocycles. The fraction of sp³-hybridized carbons (Fsp3) is 0.364. The largest absolute Gasteiger partial charge is 0.494 e. The van der Waals surface area contributed by atoms with Gasteiger partial charge in [0.1, 0.15) is 17.1 Å². The number of ether oxygens (including phenoxy) is 1. The third-order valence-electron chi connectivity index (χ3n) is 5.99. The summed E-state index contributed by atoms with van der Waals surface area (Å²) in [6, 6.07) is 6.75. The Morgan fingerprint density at radius 1 is 1.16 bits per heavy atom. The topological polar surface area (TPSA) is 117 Å². The summed E-state index contributed by atoms with van der Waals surface area (Å²) in [6.45, 7) is 3.88. The van der Waals surface area contributed by atoms with Gasteiger partial charge < -0.3 is 16.2 Å². The van der Waals surface area contributed by atoms with Crippen LogP contribution in [-0.4, -0.2) is 31.7 Å². The average Bonchev–Trinajstić information content (AvgIpc) is 3.12. The molecular formula is C22H24FN7O. The van der Waals surface area contributed by atoms with Crippen molar-refractivity contribution in [2.24, 2.45) is 5.73 Å². The molecule has 5 rings (SSSR count). The lowest BCUT2D eigenvalue weighted by Crippen LogP contribution is -2.30. The maximum absolute atomic E-state index is 14.1. The van der Waals surface area contributed by atoms with E-state index in [9.17, 15) is 4.39 Å². The van der Waals surface area contributed by atoms with Crippen molar-refractivity contribution < 1.29 is 9.13 Å². The summed E-state index contributed by atoms with van der Waals surface area (Å²) < 4.78 is 20.8. The van der Waals surface area contributed by atoms with E-state index in [-0.39, 0.29) is 11.9 Å². The van der Waals surface area contributed by atoms with Crippen LogP contribution >= 0.6 is 0 Å².